The fourth-order valence-corrected chi connectivity index (χ4v) is 3.12. The Morgan fingerprint density at radius 3 is 2.47 bits per heavy atom. The molecule has 0 fully saturated rings. The van der Waals surface area contributed by atoms with Crippen molar-refractivity contribution >= 4 is 31.6 Å². The number of aliphatic hydroxyl groups excluding tert-OH is 1. The Bertz CT molecular complexity index is 588. The standard InChI is InChI=1S/C11H16BrFN2O3S/c1-6(16)11(2,3)15-19(17,18)10-5-9(14)7(12)4-8(10)13/h4-6,15-16H,14H2,1-3H3. The summed E-state index contributed by atoms with van der Waals surface area (Å²) in [5.41, 5.74) is 4.53. The average Bonchev–Trinajstić information content (AvgIpc) is 2.21. The summed E-state index contributed by atoms with van der Waals surface area (Å²) in [6.07, 6.45) is -0.946. The first-order chi connectivity index (χ1) is 8.47. The zero-order chi connectivity index (χ0) is 15.0. The van der Waals surface area contributed by atoms with Crippen LogP contribution in [-0.2, 0) is 10.0 Å². The highest BCUT2D eigenvalue weighted by molar-refractivity contribution is 9.10. The minimum atomic E-state index is -4.12. The predicted molar refractivity (Wildman–Crippen MR) is 74.6 cm³/mol. The van der Waals surface area contributed by atoms with Crippen molar-refractivity contribution in [2.75, 3.05) is 5.73 Å². The van der Waals surface area contributed by atoms with Gasteiger partial charge in [-0.2, -0.15) is 0 Å². The van der Waals surface area contributed by atoms with E-state index in [1.165, 1.54) is 20.8 Å². The molecular weight excluding hydrogens is 339 g/mol. The van der Waals surface area contributed by atoms with E-state index in [0.717, 1.165) is 12.1 Å². The lowest BCUT2D eigenvalue weighted by Crippen LogP contribution is -2.50. The van der Waals surface area contributed by atoms with Crippen molar-refractivity contribution in [3.63, 3.8) is 0 Å². The highest BCUT2D eigenvalue weighted by atomic mass is 79.9. The van der Waals surface area contributed by atoms with Crippen molar-refractivity contribution in [2.24, 2.45) is 0 Å². The molecule has 0 radical (unpaired) electrons. The van der Waals surface area contributed by atoms with Crippen LogP contribution in [0.4, 0.5) is 10.1 Å². The van der Waals surface area contributed by atoms with Crippen LogP contribution in [0, 0.1) is 5.82 Å². The van der Waals surface area contributed by atoms with Gasteiger partial charge in [0.1, 0.15) is 10.7 Å². The van der Waals surface area contributed by atoms with Crippen LogP contribution in [0.3, 0.4) is 0 Å². The number of rotatable bonds is 4. The van der Waals surface area contributed by atoms with E-state index in [0.29, 0.717) is 0 Å². The molecule has 0 amide bonds. The molecule has 1 rings (SSSR count). The SMILES string of the molecule is CC(O)C(C)(C)NS(=O)(=O)c1cc(N)c(Br)cc1F. The van der Waals surface area contributed by atoms with Gasteiger partial charge >= 0.3 is 0 Å². The Hall–Kier alpha value is -0.700. The van der Waals surface area contributed by atoms with Gasteiger partial charge in [0.05, 0.1) is 11.6 Å². The Labute approximate surface area is 120 Å². The lowest BCUT2D eigenvalue weighted by molar-refractivity contribution is 0.111. The van der Waals surface area contributed by atoms with Crippen LogP contribution in [0.15, 0.2) is 21.5 Å². The summed E-state index contributed by atoms with van der Waals surface area (Å²) in [4.78, 5) is -0.554. The van der Waals surface area contributed by atoms with E-state index in [2.05, 4.69) is 20.7 Å². The summed E-state index contributed by atoms with van der Waals surface area (Å²) in [5, 5.41) is 9.51. The number of aliphatic hydroxyl groups is 1. The minimum absolute atomic E-state index is 0.108. The molecule has 0 bridgehead atoms. The smallest absolute Gasteiger partial charge is 0.244 e. The molecule has 4 N–H and O–H groups in total. The topological polar surface area (TPSA) is 92.4 Å². The third-order valence-electron chi connectivity index (χ3n) is 2.78. The van der Waals surface area contributed by atoms with Gasteiger partial charge < -0.3 is 10.8 Å². The van der Waals surface area contributed by atoms with Crippen molar-refractivity contribution in [3.8, 4) is 0 Å². The largest absolute Gasteiger partial charge is 0.398 e. The molecular formula is C11H16BrFN2O3S. The molecule has 19 heavy (non-hydrogen) atoms. The quantitative estimate of drug-likeness (QED) is 0.716. The van der Waals surface area contributed by atoms with Gasteiger partial charge in [0.25, 0.3) is 0 Å². The van der Waals surface area contributed by atoms with E-state index in [1.807, 2.05) is 0 Å². The minimum Gasteiger partial charge on any atom is -0.398 e. The third kappa shape index (κ3) is 3.65. The number of benzene rings is 1. The number of nitrogens with one attached hydrogen (secondary N) is 1. The normalized spacial score (nSPS) is 14.4. The zero-order valence-corrected chi connectivity index (χ0v) is 13.1. The second kappa shape index (κ2) is 5.35. The molecule has 1 aromatic rings. The molecule has 108 valence electrons. The van der Waals surface area contributed by atoms with Crippen LogP contribution < -0.4 is 10.5 Å². The van der Waals surface area contributed by atoms with Crippen LogP contribution in [0.1, 0.15) is 20.8 Å². The van der Waals surface area contributed by atoms with Gasteiger partial charge in [0, 0.05) is 10.2 Å². The van der Waals surface area contributed by atoms with Gasteiger partial charge in [-0.15, -0.1) is 0 Å². The molecule has 1 atom stereocenters. The molecule has 0 aliphatic rings. The van der Waals surface area contributed by atoms with Crippen molar-refractivity contribution in [2.45, 2.75) is 37.3 Å². The van der Waals surface area contributed by atoms with Gasteiger partial charge in [0.15, 0.2) is 0 Å². The Kier molecular flexibility index (Phi) is 4.61. The number of halogens is 2. The molecule has 1 aromatic carbocycles. The van der Waals surface area contributed by atoms with Crippen molar-refractivity contribution < 1.29 is 17.9 Å². The maximum atomic E-state index is 13.7. The fraction of sp³-hybridized carbons (Fsp3) is 0.455. The first-order valence-electron chi connectivity index (χ1n) is 5.44. The summed E-state index contributed by atoms with van der Waals surface area (Å²) in [5.74, 6) is -0.921. The monoisotopic (exact) mass is 354 g/mol. The fourth-order valence-electron chi connectivity index (χ4n) is 1.24. The molecule has 0 spiro atoms. The predicted octanol–water partition coefficient (Wildman–Crippen LogP) is 1.61. The van der Waals surface area contributed by atoms with Crippen LogP contribution in [0.2, 0.25) is 0 Å². The summed E-state index contributed by atoms with van der Waals surface area (Å²) < 4.78 is 40.5. The molecule has 0 aromatic heterocycles. The second-order valence-corrected chi connectivity index (χ2v) is 7.31. The van der Waals surface area contributed by atoms with Gasteiger partial charge in [-0.1, -0.05) is 0 Å². The average molecular weight is 355 g/mol. The van der Waals surface area contributed by atoms with Crippen LogP contribution in [-0.4, -0.2) is 25.2 Å². The summed E-state index contributed by atoms with van der Waals surface area (Å²) >= 11 is 3.01. The number of nitrogens with two attached hydrogens (primary N) is 1. The second-order valence-electron chi connectivity index (χ2n) is 4.81. The Morgan fingerprint density at radius 1 is 1.47 bits per heavy atom. The van der Waals surface area contributed by atoms with Gasteiger partial charge in [-0.25, -0.2) is 17.5 Å². The molecule has 0 saturated heterocycles. The van der Waals surface area contributed by atoms with Gasteiger partial charge in [-0.3, -0.25) is 0 Å². The van der Waals surface area contributed by atoms with Crippen LogP contribution >= 0.6 is 15.9 Å². The van der Waals surface area contributed by atoms with Crippen molar-refractivity contribution in [1.29, 1.82) is 0 Å². The van der Waals surface area contributed by atoms with E-state index in [1.54, 1.807) is 0 Å². The maximum Gasteiger partial charge on any atom is 0.244 e. The molecule has 0 aliphatic heterocycles. The zero-order valence-electron chi connectivity index (χ0n) is 10.7. The van der Waals surface area contributed by atoms with E-state index < -0.39 is 32.4 Å². The van der Waals surface area contributed by atoms with Crippen LogP contribution in [0.5, 0.6) is 0 Å². The first kappa shape index (κ1) is 16.4. The van der Waals surface area contributed by atoms with Crippen molar-refractivity contribution in [3.05, 3.63) is 22.4 Å². The number of nitrogen functional groups attached to an aromatic ring is 1. The highest BCUT2D eigenvalue weighted by Crippen LogP contribution is 2.27. The molecule has 0 heterocycles. The third-order valence-corrected chi connectivity index (χ3v) is 5.16. The molecule has 1 unspecified atom stereocenters. The van der Waals surface area contributed by atoms with Gasteiger partial charge in [-0.05, 0) is 48.8 Å². The number of hydrogen-bond donors (Lipinski definition) is 3. The molecule has 0 saturated carbocycles. The highest BCUT2D eigenvalue weighted by Gasteiger charge is 2.32. The lowest BCUT2D eigenvalue weighted by atomic mass is 10.0. The van der Waals surface area contributed by atoms with E-state index in [4.69, 9.17) is 5.73 Å². The summed E-state index contributed by atoms with van der Waals surface area (Å²) in [6, 6.07) is 2.01. The number of sulfonamides is 1. The molecule has 8 heteroatoms. The van der Waals surface area contributed by atoms with E-state index >= 15 is 0 Å². The Balaban J connectivity index is 3.26. The van der Waals surface area contributed by atoms with Crippen molar-refractivity contribution in [1.82, 2.24) is 4.72 Å². The maximum absolute atomic E-state index is 13.7. The Morgan fingerprint density at radius 2 is 2.00 bits per heavy atom. The summed E-state index contributed by atoms with van der Waals surface area (Å²) in [6.45, 7) is 4.43. The van der Waals surface area contributed by atoms with E-state index in [9.17, 15) is 17.9 Å². The first-order valence-corrected chi connectivity index (χ1v) is 7.71. The number of anilines is 1. The lowest BCUT2D eigenvalue weighted by Gasteiger charge is -2.29. The molecule has 0 aliphatic carbocycles. The molecule has 5 nitrogen and oxygen atoms in total. The number of hydrogen-bond acceptors (Lipinski definition) is 4. The van der Waals surface area contributed by atoms with Crippen LogP contribution in [0.25, 0.3) is 0 Å². The van der Waals surface area contributed by atoms with E-state index in [-0.39, 0.29) is 10.2 Å². The summed E-state index contributed by atoms with van der Waals surface area (Å²) in [7, 11) is -4.12. The van der Waals surface area contributed by atoms with Gasteiger partial charge in [0.2, 0.25) is 10.0 Å².